The van der Waals surface area contributed by atoms with E-state index in [2.05, 4.69) is 25.7 Å². The van der Waals surface area contributed by atoms with Crippen molar-refractivity contribution in [3.63, 3.8) is 0 Å². The summed E-state index contributed by atoms with van der Waals surface area (Å²) >= 11 is 0. The summed E-state index contributed by atoms with van der Waals surface area (Å²) in [6, 6.07) is 3.59. The average Bonchev–Trinajstić information content (AvgIpc) is 2.29. The Labute approximate surface area is 97.3 Å². The fourth-order valence-electron chi connectivity index (χ4n) is 2.53. The number of hydrogen-bond acceptors (Lipinski definition) is 1. The number of benzene rings is 1. The third-order valence-electron chi connectivity index (χ3n) is 3.54. The maximum absolute atomic E-state index is 13.8. The summed E-state index contributed by atoms with van der Waals surface area (Å²) < 4.78 is 13.8. The number of rotatable bonds is 2. The summed E-state index contributed by atoms with van der Waals surface area (Å²) in [5.74, 6) is 0.458. The maximum atomic E-state index is 13.8. The minimum Gasteiger partial charge on any atom is -0.299 e. The summed E-state index contributed by atoms with van der Waals surface area (Å²) in [7, 11) is 0. The van der Waals surface area contributed by atoms with Gasteiger partial charge in [-0.1, -0.05) is 26.8 Å². The van der Waals surface area contributed by atoms with Crippen LogP contribution in [-0.2, 0) is 13.0 Å². The van der Waals surface area contributed by atoms with E-state index in [1.165, 1.54) is 11.1 Å². The minimum absolute atomic E-state index is 0.0300. The lowest BCUT2D eigenvalue weighted by Gasteiger charge is -2.30. The first-order chi connectivity index (χ1) is 7.63. The van der Waals surface area contributed by atoms with E-state index in [0.717, 1.165) is 31.6 Å². The molecule has 1 aliphatic rings. The quantitative estimate of drug-likeness (QED) is 0.740. The lowest BCUT2D eigenvalue weighted by atomic mass is 9.89. The number of halogens is 1. The zero-order valence-corrected chi connectivity index (χ0v) is 10.4. The number of fused-ring (bicyclic) bond motifs is 1. The van der Waals surface area contributed by atoms with Crippen molar-refractivity contribution >= 4 is 0 Å². The van der Waals surface area contributed by atoms with E-state index in [9.17, 15) is 4.39 Å². The minimum atomic E-state index is -0.0300. The lowest BCUT2D eigenvalue weighted by molar-refractivity contribution is 0.262. The van der Waals surface area contributed by atoms with E-state index in [0.29, 0.717) is 5.92 Å². The molecule has 0 unspecified atom stereocenters. The molecule has 0 aromatic heterocycles. The van der Waals surface area contributed by atoms with E-state index in [-0.39, 0.29) is 5.82 Å². The topological polar surface area (TPSA) is 3.24 Å². The van der Waals surface area contributed by atoms with Crippen LogP contribution in [0.25, 0.3) is 0 Å². The predicted molar refractivity (Wildman–Crippen MR) is 65.1 cm³/mol. The van der Waals surface area contributed by atoms with Gasteiger partial charge in [0, 0.05) is 18.7 Å². The summed E-state index contributed by atoms with van der Waals surface area (Å²) in [5, 5.41) is 0. The molecule has 0 aliphatic carbocycles. The van der Waals surface area contributed by atoms with Crippen LogP contribution in [0.4, 0.5) is 4.39 Å². The first-order valence-electron chi connectivity index (χ1n) is 6.16. The Hall–Kier alpha value is -0.890. The highest BCUT2D eigenvalue weighted by molar-refractivity contribution is 5.39. The van der Waals surface area contributed by atoms with E-state index >= 15 is 0 Å². The van der Waals surface area contributed by atoms with E-state index in [1.54, 1.807) is 6.07 Å². The molecule has 0 fully saturated rings. The molecule has 0 amide bonds. The molecular formula is C14H20FN. The van der Waals surface area contributed by atoms with Gasteiger partial charge in [-0.15, -0.1) is 0 Å². The standard InChI is InChI=1S/C14H20FN/c1-4-16-8-7-12-11(10(2)3)5-6-14(15)13(12)9-16/h5-6,10H,4,7-9H2,1-3H3. The largest absolute Gasteiger partial charge is 0.299 e. The van der Waals surface area contributed by atoms with Crippen LogP contribution in [0.15, 0.2) is 12.1 Å². The Kier molecular flexibility index (Phi) is 3.29. The van der Waals surface area contributed by atoms with Crippen LogP contribution in [0.2, 0.25) is 0 Å². The molecule has 1 heterocycles. The van der Waals surface area contributed by atoms with Crippen LogP contribution in [0, 0.1) is 5.82 Å². The van der Waals surface area contributed by atoms with Gasteiger partial charge in [0.15, 0.2) is 0 Å². The van der Waals surface area contributed by atoms with Crippen molar-refractivity contribution in [2.24, 2.45) is 0 Å². The molecule has 0 N–H and O–H groups in total. The van der Waals surface area contributed by atoms with Gasteiger partial charge in [0.05, 0.1) is 0 Å². The normalized spacial score (nSPS) is 16.6. The highest BCUT2D eigenvalue weighted by atomic mass is 19.1. The van der Waals surface area contributed by atoms with Crippen LogP contribution in [-0.4, -0.2) is 18.0 Å². The molecule has 1 aromatic carbocycles. The van der Waals surface area contributed by atoms with Crippen molar-refractivity contribution in [3.8, 4) is 0 Å². The Morgan fingerprint density at radius 1 is 1.31 bits per heavy atom. The molecule has 0 spiro atoms. The molecule has 1 aliphatic heterocycles. The summed E-state index contributed by atoms with van der Waals surface area (Å²) in [6.45, 7) is 9.34. The smallest absolute Gasteiger partial charge is 0.127 e. The Morgan fingerprint density at radius 2 is 2.06 bits per heavy atom. The van der Waals surface area contributed by atoms with Gasteiger partial charge in [-0.25, -0.2) is 4.39 Å². The van der Waals surface area contributed by atoms with E-state index in [1.807, 2.05) is 6.07 Å². The molecule has 0 radical (unpaired) electrons. The van der Waals surface area contributed by atoms with Crippen molar-refractivity contribution in [3.05, 3.63) is 34.6 Å². The molecule has 1 aromatic rings. The van der Waals surface area contributed by atoms with Crippen molar-refractivity contribution in [1.29, 1.82) is 0 Å². The SMILES string of the molecule is CCN1CCc2c(C(C)C)ccc(F)c2C1. The molecule has 88 valence electrons. The zero-order chi connectivity index (χ0) is 11.7. The molecule has 2 heteroatoms. The zero-order valence-electron chi connectivity index (χ0n) is 10.4. The second kappa shape index (κ2) is 4.54. The van der Waals surface area contributed by atoms with Crippen molar-refractivity contribution in [2.45, 2.75) is 39.7 Å². The molecule has 0 atom stereocenters. The third kappa shape index (κ3) is 1.99. The number of nitrogens with zero attached hydrogens (tertiary/aromatic N) is 1. The maximum Gasteiger partial charge on any atom is 0.127 e. The van der Waals surface area contributed by atoms with Gasteiger partial charge in [-0.05, 0) is 36.1 Å². The predicted octanol–water partition coefficient (Wildman–Crippen LogP) is 3.33. The van der Waals surface area contributed by atoms with Crippen LogP contribution in [0.3, 0.4) is 0 Å². The Balaban J connectivity index is 2.43. The monoisotopic (exact) mass is 221 g/mol. The molecule has 16 heavy (non-hydrogen) atoms. The molecule has 0 saturated carbocycles. The van der Waals surface area contributed by atoms with Gasteiger partial charge < -0.3 is 0 Å². The Morgan fingerprint density at radius 3 is 2.69 bits per heavy atom. The Bertz CT molecular complexity index is 385. The van der Waals surface area contributed by atoms with Crippen LogP contribution in [0.5, 0.6) is 0 Å². The van der Waals surface area contributed by atoms with E-state index in [4.69, 9.17) is 0 Å². The molecule has 1 nitrogen and oxygen atoms in total. The molecule has 0 bridgehead atoms. The molecular weight excluding hydrogens is 201 g/mol. The molecule has 0 saturated heterocycles. The summed E-state index contributed by atoms with van der Waals surface area (Å²) in [6.07, 6.45) is 0.994. The second-order valence-electron chi connectivity index (χ2n) is 4.87. The van der Waals surface area contributed by atoms with Crippen molar-refractivity contribution < 1.29 is 4.39 Å². The van der Waals surface area contributed by atoms with Gasteiger partial charge >= 0.3 is 0 Å². The van der Waals surface area contributed by atoms with Gasteiger partial charge in [0.25, 0.3) is 0 Å². The van der Waals surface area contributed by atoms with Crippen molar-refractivity contribution in [2.75, 3.05) is 13.1 Å². The summed E-state index contributed by atoms with van der Waals surface area (Å²) in [4.78, 5) is 2.30. The van der Waals surface area contributed by atoms with Crippen molar-refractivity contribution in [1.82, 2.24) is 4.90 Å². The first-order valence-corrected chi connectivity index (χ1v) is 6.16. The third-order valence-corrected chi connectivity index (χ3v) is 3.54. The summed E-state index contributed by atoms with van der Waals surface area (Å²) in [5.41, 5.74) is 3.52. The fourth-order valence-corrected chi connectivity index (χ4v) is 2.53. The first kappa shape index (κ1) is 11.6. The number of likely N-dealkylation sites (N-methyl/N-ethyl adjacent to an activating group) is 1. The average molecular weight is 221 g/mol. The highest BCUT2D eigenvalue weighted by Gasteiger charge is 2.21. The van der Waals surface area contributed by atoms with Gasteiger partial charge in [-0.3, -0.25) is 4.90 Å². The van der Waals surface area contributed by atoms with Gasteiger partial charge in [0.2, 0.25) is 0 Å². The van der Waals surface area contributed by atoms with Gasteiger partial charge in [0.1, 0.15) is 5.82 Å². The van der Waals surface area contributed by atoms with Crippen LogP contribution >= 0.6 is 0 Å². The van der Waals surface area contributed by atoms with Crippen LogP contribution < -0.4 is 0 Å². The van der Waals surface area contributed by atoms with Gasteiger partial charge in [-0.2, -0.15) is 0 Å². The second-order valence-corrected chi connectivity index (χ2v) is 4.87. The van der Waals surface area contributed by atoms with E-state index < -0.39 is 0 Å². The highest BCUT2D eigenvalue weighted by Crippen LogP contribution is 2.29. The molecule has 2 rings (SSSR count). The van der Waals surface area contributed by atoms with Crippen LogP contribution in [0.1, 0.15) is 43.4 Å². The number of hydrogen-bond donors (Lipinski definition) is 0. The fraction of sp³-hybridized carbons (Fsp3) is 0.571. The lowest BCUT2D eigenvalue weighted by Crippen LogP contribution is -2.31.